The molecule has 0 atom stereocenters. The fraction of sp³-hybridized carbons (Fsp3) is 0.111. The molecule has 2 aromatic carbocycles. The van der Waals surface area contributed by atoms with Crippen molar-refractivity contribution in [1.82, 2.24) is 4.98 Å². The average molecular weight is 403 g/mol. The number of methoxy groups -OCH3 is 1. The number of thiazole rings is 1. The van der Waals surface area contributed by atoms with Crippen LogP contribution < -0.4 is 10.1 Å². The summed E-state index contributed by atoms with van der Waals surface area (Å²) in [6, 6.07) is 15.1. The normalized spacial score (nSPS) is 10.5. The highest BCUT2D eigenvalue weighted by atomic mass is 79.9. The molecule has 6 heteroatoms. The number of nitrogens with zero attached hydrogens (tertiary/aromatic N) is 1. The largest absolute Gasteiger partial charge is 0.496 e. The van der Waals surface area contributed by atoms with Gasteiger partial charge in [0.2, 0.25) is 0 Å². The second-order valence-corrected chi connectivity index (χ2v) is 7.15. The van der Waals surface area contributed by atoms with Crippen LogP contribution >= 0.6 is 27.3 Å². The third-order valence-electron chi connectivity index (χ3n) is 3.48. The molecule has 0 aliphatic heterocycles. The van der Waals surface area contributed by atoms with Crippen LogP contribution in [0.5, 0.6) is 5.75 Å². The molecule has 1 amide bonds. The van der Waals surface area contributed by atoms with Crippen LogP contribution in [0.25, 0.3) is 11.3 Å². The molecule has 1 N–H and O–H groups in total. The summed E-state index contributed by atoms with van der Waals surface area (Å²) in [5.41, 5.74) is 2.47. The van der Waals surface area contributed by atoms with Gasteiger partial charge in [0.25, 0.3) is 5.91 Å². The van der Waals surface area contributed by atoms with E-state index in [0.717, 1.165) is 20.6 Å². The van der Waals surface area contributed by atoms with E-state index in [9.17, 15) is 4.79 Å². The molecule has 0 fully saturated rings. The van der Waals surface area contributed by atoms with E-state index in [-0.39, 0.29) is 5.91 Å². The SMILES string of the molecule is COc1ccc(C(=O)Nc2nc(-c3ccccc3)c(C)s2)cc1Br. The third-order valence-corrected chi connectivity index (χ3v) is 4.98. The Labute approximate surface area is 152 Å². The minimum Gasteiger partial charge on any atom is -0.496 e. The molecule has 24 heavy (non-hydrogen) atoms. The standard InChI is InChI=1S/C18H15BrN2O2S/c1-11-16(12-6-4-3-5-7-12)20-18(24-11)21-17(22)13-8-9-15(23-2)14(19)10-13/h3-10H,1-2H3,(H,20,21,22). The topological polar surface area (TPSA) is 51.2 Å². The van der Waals surface area contributed by atoms with Crippen LogP contribution in [0.3, 0.4) is 0 Å². The monoisotopic (exact) mass is 402 g/mol. The van der Waals surface area contributed by atoms with Crippen LogP contribution in [0.4, 0.5) is 5.13 Å². The zero-order valence-corrected chi connectivity index (χ0v) is 15.6. The molecule has 0 aliphatic rings. The molecular formula is C18H15BrN2O2S. The number of amides is 1. The van der Waals surface area contributed by atoms with Crippen molar-refractivity contribution in [3.63, 3.8) is 0 Å². The predicted molar refractivity (Wildman–Crippen MR) is 101 cm³/mol. The van der Waals surface area contributed by atoms with Gasteiger partial charge in [0.15, 0.2) is 5.13 Å². The second kappa shape index (κ2) is 7.15. The highest BCUT2D eigenvalue weighted by Gasteiger charge is 2.14. The van der Waals surface area contributed by atoms with Crippen LogP contribution in [0.2, 0.25) is 0 Å². The number of anilines is 1. The van der Waals surface area contributed by atoms with E-state index < -0.39 is 0 Å². The summed E-state index contributed by atoms with van der Waals surface area (Å²) in [4.78, 5) is 18.0. The van der Waals surface area contributed by atoms with Gasteiger partial charge >= 0.3 is 0 Å². The molecule has 0 unspecified atom stereocenters. The van der Waals surface area contributed by atoms with Crippen LogP contribution in [0.15, 0.2) is 53.0 Å². The lowest BCUT2D eigenvalue weighted by atomic mass is 10.1. The lowest BCUT2D eigenvalue weighted by molar-refractivity contribution is 0.102. The van der Waals surface area contributed by atoms with Gasteiger partial charge in [-0.1, -0.05) is 30.3 Å². The van der Waals surface area contributed by atoms with Crippen molar-refractivity contribution in [3.8, 4) is 17.0 Å². The van der Waals surface area contributed by atoms with Crippen LogP contribution in [-0.2, 0) is 0 Å². The van der Waals surface area contributed by atoms with Crippen molar-refractivity contribution in [2.75, 3.05) is 12.4 Å². The Morgan fingerprint density at radius 2 is 1.96 bits per heavy atom. The van der Waals surface area contributed by atoms with E-state index in [1.165, 1.54) is 11.3 Å². The number of ether oxygens (including phenoxy) is 1. The fourth-order valence-corrected chi connectivity index (χ4v) is 3.66. The Balaban J connectivity index is 1.81. The van der Waals surface area contributed by atoms with E-state index in [4.69, 9.17) is 4.74 Å². The minimum absolute atomic E-state index is 0.202. The summed E-state index contributed by atoms with van der Waals surface area (Å²) >= 11 is 4.85. The van der Waals surface area contributed by atoms with Gasteiger partial charge in [0, 0.05) is 16.0 Å². The average Bonchev–Trinajstić information content (AvgIpc) is 2.95. The first-order chi connectivity index (χ1) is 11.6. The fourth-order valence-electron chi connectivity index (χ4n) is 2.29. The highest BCUT2D eigenvalue weighted by Crippen LogP contribution is 2.31. The van der Waals surface area contributed by atoms with Gasteiger partial charge in [-0.25, -0.2) is 4.98 Å². The van der Waals surface area contributed by atoms with Crippen molar-refractivity contribution >= 4 is 38.3 Å². The van der Waals surface area contributed by atoms with E-state index in [0.29, 0.717) is 16.4 Å². The molecule has 1 aromatic heterocycles. The number of hydrogen-bond acceptors (Lipinski definition) is 4. The van der Waals surface area contributed by atoms with E-state index in [2.05, 4.69) is 26.2 Å². The first-order valence-electron chi connectivity index (χ1n) is 7.26. The Kier molecular flexibility index (Phi) is 4.97. The number of aryl methyl sites for hydroxylation is 1. The van der Waals surface area contributed by atoms with E-state index in [1.54, 1.807) is 25.3 Å². The Hall–Kier alpha value is -2.18. The quantitative estimate of drug-likeness (QED) is 0.656. The maximum atomic E-state index is 12.4. The van der Waals surface area contributed by atoms with Gasteiger partial charge in [0.05, 0.1) is 17.3 Å². The molecule has 0 radical (unpaired) electrons. The summed E-state index contributed by atoms with van der Waals surface area (Å²) in [6.45, 7) is 2.00. The number of aromatic nitrogens is 1. The molecule has 3 rings (SSSR count). The van der Waals surface area contributed by atoms with Crippen LogP contribution in [0, 0.1) is 6.92 Å². The maximum absolute atomic E-state index is 12.4. The molecule has 0 bridgehead atoms. The lowest BCUT2D eigenvalue weighted by Gasteiger charge is -2.06. The predicted octanol–water partition coefficient (Wildman–Crippen LogP) is 5.14. The minimum atomic E-state index is -0.202. The summed E-state index contributed by atoms with van der Waals surface area (Å²) in [6.07, 6.45) is 0. The molecule has 122 valence electrons. The van der Waals surface area contributed by atoms with Crippen molar-refractivity contribution in [2.45, 2.75) is 6.92 Å². The number of carbonyl (C=O) groups excluding carboxylic acids is 1. The summed E-state index contributed by atoms with van der Waals surface area (Å²) in [7, 11) is 1.59. The number of halogens is 1. The van der Waals surface area contributed by atoms with Gasteiger partial charge in [0.1, 0.15) is 5.75 Å². The van der Waals surface area contributed by atoms with Gasteiger partial charge < -0.3 is 4.74 Å². The Bertz CT molecular complexity index is 878. The molecule has 3 aromatic rings. The molecule has 0 saturated heterocycles. The number of nitrogens with one attached hydrogen (secondary N) is 1. The number of rotatable bonds is 4. The number of hydrogen-bond donors (Lipinski definition) is 1. The first-order valence-corrected chi connectivity index (χ1v) is 8.87. The van der Waals surface area contributed by atoms with Crippen LogP contribution in [-0.4, -0.2) is 18.0 Å². The molecule has 0 spiro atoms. The van der Waals surface area contributed by atoms with Crippen molar-refractivity contribution < 1.29 is 9.53 Å². The highest BCUT2D eigenvalue weighted by molar-refractivity contribution is 9.10. The zero-order chi connectivity index (χ0) is 17.1. The summed E-state index contributed by atoms with van der Waals surface area (Å²) < 4.78 is 5.91. The summed E-state index contributed by atoms with van der Waals surface area (Å²) in [5.74, 6) is 0.481. The number of benzene rings is 2. The van der Waals surface area contributed by atoms with Crippen molar-refractivity contribution in [3.05, 3.63) is 63.4 Å². The second-order valence-electron chi connectivity index (χ2n) is 5.09. The third kappa shape index (κ3) is 3.49. The molecule has 0 saturated carbocycles. The van der Waals surface area contributed by atoms with Gasteiger partial charge in [-0.2, -0.15) is 0 Å². The molecule has 1 heterocycles. The van der Waals surface area contributed by atoms with Gasteiger partial charge in [-0.15, -0.1) is 11.3 Å². The first kappa shape index (κ1) is 16.7. The van der Waals surface area contributed by atoms with Crippen LogP contribution in [0.1, 0.15) is 15.2 Å². The lowest BCUT2D eigenvalue weighted by Crippen LogP contribution is -2.11. The smallest absolute Gasteiger partial charge is 0.257 e. The molecule has 4 nitrogen and oxygen atoms in total. The Morgan fingerprint density at radius 3 is 2.62 bits per heavy atom. The zero-order valence-electron chi connectivity index (χ0n) is 13.2. The Morgan fingerprint density at radius 1 is 1.21 bits per heavy atom. The van der Waals surface area contributed by atoms with Crippen molar-refractivity contribution in [1.29, 1.82) is 0 Å². The van der Waals surface area contributed by atoms with E-state index >= 15 is 0 Å². The van der Waals surface area contributed by atoms with Gasteiger partial charge in [-0.3, -0.25) is 10.1 Å². The summed E-state index contributed by atoms with van der Waals surface area (Å²) in [5, 5.41) is 3.45. The molecular weight excluding hydrogens is 388 g/mol. The number of carbonyl (C=O) groups is 1. The van der Waals surface area contributed by atoms with E-state index in [1.807, 2.05) is 37.3 Å². The van der Waals surface area contributed by atoms with Gasteiger partial charge in [-0.05, 0) is 41.1 Å². The molecule has 0 aliphatic carbocycles. The maximum Gasteiger partial charge on any atom is 0.257 e. The van der Waals surface area contributed by atoms with Crippen molar-refractivity contribution in [2.24, 2.45) is 0 Å².